The molecule has 0 bridgehead atoms. The van der Waals surface area contributed by atoms with Crippen LogP contribution in [0.25, 0.3) is 0 Å². The molecule has 0 aliphatic carbocycles. The van der Waals surface area contributed by atoms with E-state index in [9.17, 15) is 9.59 Å². The minimum absolute atomic E-state index is 0.114. The molecule has 0 heterocycles. The highest BCUT2D eigenvalue weighted by atomic mass is 16.5. The van der Waals surface area contributed by atoms with E-state index in [0.29, 0.717) is 12.8 Å². The standard InChI is InChI=1S/C11H21NO4/c1-5-6-8(10(14)15)12-9(13)7-16-11(2,3)4/h8H,5-7H2,1-4H3,(H,12,13)(H,14,15)/t8-/m0/s1. The molecule has 0 aromatic rings. The number of ether oxygens (including phenoxy) is 1. The molecular weight excluding hydrogens is 210 g/mol. The van der Waals surface area contributed by atoms with Crippen molar-refractivity contribution in [2.45, 2.75) is 52.2 Å². The fourth-order valence-corrected chi connectivity index (χ4v) is 1.06. The van der Waals surface area contributed by atoms with E-state index in [-0.39, 0.29) is 6.61 Å². The topological polar surface area (TPSA) is 75.6 Å². The predicted octanol–water partition coefficient (Wildman–Crippen LogP) is 1.17. The van der Waals surface area contributed by atoms with Gasteiger partial charge in [0.25, 0.3) is 0 Å². The first-order valence-corrected chi connectivity index (χ1v) is 5.42. The Morgan fingerprint density at radius 3 is 2.31 bits per heavy atom. The zero-order valence-electron chi connectivity index (χ0n) is 10.4. The molecule has 5 heteroatoms. The summed E-state index contributed by atoms with van der Waals surface area (Å²) in [5.41, 5.74) is -0.402. The van der Waals surface area contributed by atoms with Gasteiger partial charge in [0, 0.05) is 0 Å². The Balaban J connectivity index is 4.05. The molecule has 94 valence electrons. The van der Waals surface area contributed by atoms with E-state index in [0.717, 1.165) is 0 Å². The van der Waals surface area contributed by atoms with Gasteiger partial charge >= 0.3 is 5.97 Å². The van der Waals surface area contributed by atoms with Gasteiger partial charge in [-0.15, -0.1) is 0 Å². The molecule has 0 aromatic carbocycles. The minimum atomic E-state index is -1.01. The average molecular weight is 231 g/mol. The summed E-state index contributed by atoms with van der Waals surface area (Å²) in [7, 11) is 0. The molecule has 0 saturated carbocycles. The number of carboxylic acid groups (broad SMARTS) is 1. The summed E-state index contributed by atoms with van der Waals surface area (Å²) in [5, 5.41) is 11.3. The van der Waals surface area contributed by atoms with E-state index in [2.05, 4.69) is 5.32 Å². The highest BCUT2D eigenvalue weighted by Crippen LogP contribution is 2.06. The average Bonchev–Trinajstić information content (AvgIpc) is 2.13. The fraction of sp³-hybridized carbons (Fsp3) is 0.818. The van der Waals surface area contributed by atoms with Gasteiger partial charge in [-0.05, 0) is 27.2 Å². The Kier molecular flexibility index (Phi) is 6.03. The molecular formula is C11H21NO4. The lowest BCUT2D eigenvalue weighted by Crippen LogP contribution is -2.43. The summed E-state index contributed by atoms with van der Waals surface area (Å²) in [4.78, 5) is 22.2. The van der Waals surface area contributed by atoms with Gasteiger partial charge in [-0.2, -0.15) is 0 Å². The van der Waals surface area contributed by atoms with Gasteiger partial charge in [-0.3, -0.25) is 4.79 Å². The lowest BCUT2D eigenvalue weighted by Gasteiger charge is -2.20. The van der Waals surface area contributed by atoms with Crippen molar-refractivity contribution < 1.29 is 19.4 Å². The molecule has 0 unspecified atom stereocenters. The summed E-state index contributed by atoms with van der Waals surface area (Å²) < 4.78 is 5.24. The number of aliphatic carboxylic acids is 1. The van der Waals surface area contributed by atoms with Crippen LogP contribution in [0, 0.1) is 0 Å². The molecule has 1 amide bonds. The molecule has 0 aliphatic rings. The van der Waals surface area contributed by atoms with E-state index in [1.165, 1.54) is 0 Å². The second-order valence-corrected chi connectivity index (χ2v) is 4.65. The number of carboxylic acids is 1. The molecule has 5 nitrogen and oxygen atoms in total. The second kappa shape index (κ2) is 6.48. The molecule has 16 heavy (non-hydrogen) atoms. The van der Waals surface area contributed by atoms with Crippen LogP contribution in [-0.2, 0) is 14.3 Å². The Hall–Kier alpha value is -1.10. The van der Waals surface area contributed by atoms with Gasteiger partial charge in [0.15, 0.2) is 0 Å². The van der Waals surface area contributed by atoms with Crippen LogP contribution < -0.4 is 5.32 Å². The van der Waals surface area contributed by atoms with Crippen LogP contribution in [-0.4, -0.2) is 35.2 Å². The quantitative estimate of drug-likeness (QED) is 0.719. The summed E-state index contributed by atoms with van der Waals surface area (Å²) in [6.45, 7) is 7.26. The molecule has 0 fully saturated rings. The molecule has 1 atom stereocenters. The third-order valence-electron chi connectivity index (χ3n) is 1.85. The van der Waals surface area contributed by atoms with Crippen molar-refractivity contribution in [1.82, 2.24) is 5.32 Å². The van der Waals surface area contributed by atoms with Crippen LogP contribution >= 0.6 is 0 Å². The van der Waals surface area contributed by atoms with Crippen LogP contribution in [0.15, 0.2) is 0 Å². The summed E-state index contributed by atoms with van der Waals surface area (Å²) in [5.74, 6) is -1.40. The monoisotopic (exact) mass is 231 g/mol. The zero-order valence-corrected chi connectivity index (χ0v) is 10.4. The molecule has 0 aliphatic heterocycles. The number of rotatable bonds is 6. The second-order valence-electron chi connectivity index (χ2n) is 4.65. The van der Waals surface area contributed by atoms with Crippen LogP contribution in [0.4, 0.5) is 0 Å². The highest BCUT2D eigenvalue weighted by molar-refractivity contribution is 5.84. The van der Waals surface area contributed by atoms with Crippen molar-refractivity contribution in [3.05, 3.63) is 0 Å². The van der Waals surface area contributed by atoms with Crippen molar-refractivity contribution in [2.24, 2.45) is 0 Å². The molecule has 0 radical (unpaired) electrons. The van der Waals surface area contributed by atoms with E-state index >= 15 is 0 Å². The Bertz CT molecular complexity index is 245. The van der Waals surface area contributed by atoms with Crippen LogP contribution in [0.1, 0.15) is 40.5 Å². The van der Waals surface area contributed by atoms with Crippen molar-refractivity contribution >= 4 is 11.9 Å². The van der Waals surface area contributed by atoms with Crippen molar-refractivity contribution in [2.75, 3.05) is 6.61 Å². The van der Waals surface area contributed by atoms with Crippen molar-refractivity contribution in [1.29, 1.82) is 0 Å². The third-order valence-corrected chi connectivity index (χ3v) is 1.85. The molecule has 2 N–H and O–H groups in total. The molecule has 0 aromatic heterocycles. The summed E-state index contributed by atoms with van der Waals surface area (Å²) in [6.07, 6.45) is 1.13. The molecule has 0 spiro atoms. The molecule has 0 saturated heterocycles. The van der Waals surface area contributed by atoms with Gasteiger partial charge in [-0.25, -0.2) is 4.79 Å². The fourth-order valence-electron chi connectivity index (χ4n) is 1.06. The maximum atomic E-state index is 11.4. The van der Waals surface area contributed by atoms with Crippen molar-refractivity contribution in [3.63, 3.8) is 0 Å². The lowest BCUT2D eigenvalue weighted by molar-refractivity contribution is -0.143. The van der Waals surface area contributed by atoms with Crippen molar-refractivity contribution in [3.8, 4) is 0 Å². The zero-order chi connectivity index (χ0) is 12.8. The number of hydrogen-bond acceptors (Lipinski definition) is 3. The van der Waals surface area contributed by atoms with Crippen LogP contribution in [0.2, 0.25) is 0 Å². The van der Waals surface area contributed by atoms with Crippen LogP contribution in [0.5, 0.6) is 0 Å². The first kappa shape index (κ1) is 14.9. The Morgan fingerprint density at radius 2 is 1.94 bits per heavy atom. The van der Waals surface area contributed by atoms with Gasteiger partial charge in [0.05, 0.1) is 5.60 Å². The van der Waals surface area contributed by atoms with E-state index in [4.69, 9.17) is 9.84 Å². The van der Waals surface area contributed by atoms with Gasteiger partial charge < -0.3 is 15.2 Å². The largest absolute Gasteiger partial charge is 0.480 e. The first-order chi connectivity index (χ1) is 7.26. The smallest absolute Gasteiger partial charge is 0.326 e. The maximum absolute atomic E-state index is 11.4. The Morgan fingerprint density at radius 1 is 1.38 bits per heavy atom. The van der Waals surface area contributed by atoms with E-state index in [1.54, 1.807) is 0 Å². The predicted molar refractivity (Wildman–Crippen MR) is 60.2 cm³/mol. The number of carbonyl (C=O) groups is 2. The van der Waals surface area contributed by atoms with Gasteiger partial charge in [-0.1, -0.05) is 13.3 Å². The minimum Gasteiger partial charge on any atom is -0.480 e. The summed E-state index contributed by atoms with van der Waals surface area (Å²) >= 11 is 0. The number of nitrogens with one attached hydrogen (secondary N) is 1. The number of carbonyl (C=O) groups excluding carboxylic acids is 1. The third kappa shape index (κ3) is 7.23. The first-order valence-electron chi connectivity index (χ1n) is 5.42. The lowest BCUT2D eigenvalue weighted by atomic mass is 10.1. The van der Waals surface area contributed by atoms with Gasteiger partial charge in [0.1, 0.15) is 12.6 Å². The van der Waals surface area contributed by atoms with E-state index < -0.39 is 23.5 Å². The molecule has 0 rings (SSSR count). The number of hydrogen-bond donors (Lipinski definition) is 2. The van der Waals surface area contributed by atoms with Crippen LogP contribution in [0.3, 0.4) is 0 Å². The SMILES string of the molecule is CCC[C@H](NC(=O)COC(C)(C)C)C(=O)O. The maximum Gasteiger partial charge on any atom is 0.326 e. The van der Waals surface area contributed by atoms with E-state index in [1.807, 2.05) is 27.7 Å². The van der Waals surface area contributed by atoms with Gasteiger partial charge in [0.2, 0.25) is 5.91 Å². The number of amides is 1. The normalized spacial score (nSPS) is 13.2. The Labute approximate surface area is 96.2 Å². The highest BCUT2D eigenvalue weighted by Gasteiger charge is 2.20. The summed E-state index contributed by atoms with van der Waals surface area (Å²) in [6, 6.07) is -0.818.